The van der Waals surface area contributed by atoms with Gasteiger partial charge in [-0.15, -0.1) is 0 Å². The predicted octanol–water partition coefficient (Wildman–Crippen LogP) is 0.779. The summed E-state index contributed by atoms with van der Waals surface area (Å²) in [6.07, 6.45) is 0.514. The van der Waals surface area contributed by atoms with Crippen LogP contribution >= 0.6 is 0 Å². The van der Waals surface area contributed by atoms with E-state index in [1.54, 1.807) is 18.2 Å². The third-order valence-electron chi connectivity index (χ3n) is 1.90. The van der Waals surface area contributed by atoms with Crippen LogP contribution in [0.1, 0.15) is 25.7 Å². The Kier molecular flexibility index (Phi) is 5.44. The zero-order valence-electron chi connectivity index (χ0n) is 10.2. The molecule has 5 heteroatoms. The van der Waals surface area contributed by atoms with E-state index in [1.165, 1.54) is 15.2 Å². The number of pyridine rings is 1. The maximum atomic E-state index is 11.6. The van der Waals surface area contributed by atoms with Crippen LogP contribution in [0.5, 0.6) is 5.88 Å². The Morgan fingerprint density at radius 1 is 1.56 bits per heavy atom. The summed E-state index contributed by atoms with van der Waals surface area (Å²) in [5.41, 5.74) is 0.268. The van der Waals surface area contributed by atoms with E-state index in [4.69, 9.17) is 1.37 Å². The summed E-state index contributed by atoms with van der Waals surface area (Å²) >= 11 is 0. The van der Waals surface area contributed by atoms with Crippen molar-refractivity contribution in [2.45, 2.75) is 13.8 Å². The Morgan fingerprint density at radius 2 is 2.19 bits per heavy atom. The Bertz CT molecular complexity index is 486. The largest absolute Gasteiger partial charge is 0.850 e. The van der Waals surface area contributed by atoms with Crippen LogP contribution in [-0.2, 0) is 0 Å². The first-order chi connectivity index (χ1) is 7.63. The van der Waals surface area contributed by atoms with Gasteiger partial charge in [0, 0.05) is 37.0 Å². The molecule has 0 saturated carbocycles. The molecule has 0 fully saturated rings. The number of nitrogens with zero attached hydrogens (tertiary/aromatic N) is 2. The Balaban J connectivity index is 0.000000811. The average molecular weight is 445 g/mol. The van der Waals surface area contributed by atoms with E-state index >= 15 is 0 Å². The second kappa shape index (κ2) is 6.62. The minimum atomic E-state index is -1.02. The number of aromatic nitrogens is 2. The number of imidazole rings is 1. The molecule has 0 spiro atoms. The summed E-state index contributed by atoms with van der Waals surface area (Å²) in [5, 5.41) is 11.6. The van der Waals surface area contributed by atoms with Crippen LogP contribution in [0.25, 0.3) is 5.65 Å². The van der Waals surface area contributed by atoms with Crippen molar-refractivity contribution in [2.24, 2.45) is 0 Å². The van der Waals surface area contributed by atoms with Crippen LogP contribution in [-0.4, -0.2) is 10.7 Å². The maximum absolute atomic E-state index is 11.6. The molecular weight excluding hydrogens is 430 g/mol. The second-order valence-corrected chi connectivity index (χ2v) is 2.61. The monoisotopic (exact) mass is 445 g/mol. The van der Waals surface area contributed by atoms with Crippen molar-refractivity contribution >= 4 is 11.9 Å². The molecule has 0 unspecified atom stereocenters. The van der Waals surface area contributed by atoms with E-state index in [2.05, 4.69) is 7.05 Å². The molecule has 2 heterocycles. The summed E-state index contributed by atoms with van der Waals surface area (Å²) in [5.74, 6) is -0.504. The van der Waals surface area contributed by atoms with Gasteiger partial charge in [-0.05, 0) is 19.2 Å². The molecule has 2 aromatic heterocycles. The van der Waals surface area contributed by atoms with Gasteiger partial charge in [-0.2, -0.15) is 0 Å². The van der Waals surface area contributed by atoms with Crippen molar-refractivity contribution in [3.05, 3.63) is 37.1 Å². The number of hydrogen-bond acceptors (Lipinski definition) is 2. The molecule has 16 heavy (non-hydrogen) atoms. The molecule has 0 amide bonds. The minimum Gasteiger partial charge on any atom is -0.850 e. The molecule has 0 aromatic carbocycles. The van der Waals surface area contributed by atoms with Gasteiger partial charge >= 0.3 is 0 Å². The number of hydrogen-bond donors (Lipinski definition) is 0. The normalized spacial score (nSPS) is 9.75. The summed E-state index contributed by atoms with van der Waals surface area (Å²) in [6.45, 7) is 4.00. The van der Waals surface area contributed by atoms with Gasteiger partial charge in [0.25, 0.3) is 0 Å². The van der Waals surface area contributed by atoms with E-state index in [-0.39, 0.29) is 36.8 Å². The van der Waals surface area contributed by atoms with Gasteiger partial charge in [-0.1, -0.05) is 19.9 Å². The fourth-order valence-electron chi connectivity index (χ4n) is 1.27. The van der Waals surface area contributed by atoms with E-state index in [9.17, 15) is 9.90 Å². The van der Waals surface area contributed by atoms with E-state index in [1.807, 2.05) is 13.8 Å². The minimum absolute atomic E-state index is 0. The van der Waals surface area contributed by atoms with Crippen LogP contribution in [0.3, 0.4) is 0 Å². The van der Waals surface area contributed by atoms with Gasteiger partial charge in [0.2, 0.25) is 0 Å². The van der Waals surface area contributed by atoms with Gasteiger partial charge in [-0.25, -0.2) is 0 Å². The maximum Gasteiger partial charge on any atom is 0.182 e. The number of rotatable bonds is 1. The van der Waals surface area contributed by atoms with Crippen LogP contribution in [0.2, 0.25) is 0 Å². The first-order valence-electron chi connectivity index (χ1n) is 5.17. The Hall–Kier alpha value is -0.918. The molecule has 84 valence electrons. The average Bonchev–Trinajstić information content (AvgIpc) is 2.55. The Morgan fingerprint density at radius 3 is 2.69 bits per heavy atom. The summed E-state index contributed by atoms with van der Waals surface area (Å²) < 4.78 is 9.38. The van der Waals surface area contributed by atoms with Crippen LogP contribution in [0.15, 0.2) is 24.4 Å². The summed E-state index contributed by atoms with van der Waals surface area (Å²) in [4.78, 5) is 10.8. The van der Waals surface area contributed by atoms with Crippen molar-refractivity contribution in [1.82, 2.24) is 4.40 Å². The number of aldehydes is 1. The second-order valence-electron chi connectivity index (χ2n) is 2.61. The van der Waals surface area contributed by atoms with Gasteiger partial charge in [-0.3, -0.25) is 4.40 Å². The molecule has 0 radical (unpaired) electrons. The molecule has 2 rings (SSSR count). The molecular formula is C11H13N2O2U-. The predicted molar refractivity (Wildman–Crippen MR) is 54.5 cm³/mol. The topological polar surface area (TPSA) is 48.4 Å². The summed E-state index contributed by atoms with van der Waals surface area (Å²) in [7, 11) is 3.55. The van der Waals surface area contributed by atoms with Crippen molar-refractivity contribution < 1.29 is 47.0 Å². The number of carbonyl (C=O) groups excluding carboxylic acids is 1. The van der Waals surface area contributed by atoms with Gasteiger partial charge < -0.3 is 14.5 Å². The van der Waals surface area contributed by atoms with Crippen molar-refractivity contribution in [3.8, 4) is 5.88 Å². The van der Waals surface area contributed by atoms with E-state index in [0.717, 1.165) is 0 Å². The molecule has 0 aliphatic heterocycles. The third kappa shape index (κ3) is 2.42. The number of fused-ring (bicyclic) bond motifs is 1. The molecule has 0 aliphatic rings. The zero-order valence-corrected chi connectivity index (χ0v) is 13.4. The molecule has 0 N–H and O–H groups in total. The third-order valence-corrected chi connectivity index (χ3v) is 1.90. The molecule has 4 nitrogen and oxygen atoms in total. The zero-order chi connectivity index (χ0) is 12.3. The van der Waals surface area contributed by atoms with Crippen molar-refractivity contribution in [1.29, 1.82) is 0 Å². The standard InChI is InChI=1S/C9H8N2O2.C2H6.U/c1-10-7(6-12)9(13)11-5-3-2-4-8(10)11;1-2;/h2-6,13H,1H2;1-2H3;/p-1/i6T;;. The van der Waals surface area contributed by atoms with Crippen LogP contribution in [0.4, 0.5) is 0 Å². The fraction of sp³-hybridized carbons (Fsp3) is 0.182. The van der Waals surface area contributed by atoms with Gasteiger partial charge in [0.1, 0.15) is 6.26 Å². The quantitative estimate of drug-likeness (QED) is 0.370. The number of carbonyl (C=O) groups is 1. The molecule has 0 atom stereocenters. The molecule has 0 bridgehead atoms. The summed E-state index contributed by atoms with van der Waals surface area (Å²) in [6, 6.07) is 5.06. The van der Waals surface area contributed by atoms with Gasteiger partial charge in [0.05, 0.1) is 13.3 Å². The smallest absolute Gasteiger partial charge is 0.182 e. The first-order valence-corrected chi connectivity index (χ1v) is 4.67. The van der Waals surface area contributed by atoms with E-state index < -0.39 is 12.1 Å². The molecule has 2 aromatic rings. The van der Waals surface area contributed by atoms with Crippen molar-refractivity contribution in [3.63, 3.8) is 0 Å². The van der Waals surface area contributed by atoms with Gasteiger partial charge in [0.15, 0.2) is 5.65 Å². The molecule has 0 aliphatic carbocycles. The molecule has 0 saturated heterocycles. The fourth-order valence-corrected chi connectivity index (χ4v) is 1.27. The van der Waals surface area contributed by atoms with Crippen LogP contribution in [0, 0.1) is 38.2 Å². The Labute approximate surface area is 120 Å². The van der Waals surface area contributed by atoms with E-state index in [0.29, 0.717) is 5.65 Å². The van der Waals surface area contributed by atoms with Crippen molar-refractivity contribution in [2.75, 3.05) is 0 Å². The first kappa shape index (κ1) is 13.1. The van der Waals surface area contributed by atoms with Crippen LogP contribution < -0.4 is 9.67 Å². The SMILES string of the molecule is CC.[3H]C(=O)c1c([O-])n2ccccc2[n+]1[CH2-].[U].